The number of nitrogens with one attached hydrogen (secondary N) is 2. The molecule has 3 rings (SSSR count). The van der Waals surface area contributed by atoms with Crippen molar-refractivity contribution < 1.29 is 14.3 Å². The molecule has 8 nitrogen and oxygen atoms in total. The number of ether oxygens (including phenoxy) is 1. The van der Waals surface area contributed by atoms with Crippen molar-refractivity contribution in [2.75, 3.05) is 25.6 Å². The summed E-state index contributed by atoms with van der Waals surface area (Å²) in [6.45, 7) is 2.59. The van der Waals surface area contributed by atoms with Gasteiger partial charge in [-0.2, -0.15) is 0 Å². The van der Waals surface area contributed by atoms with Crippen LogP contribution in [0.2, 0.25) is 0 Å². The average Bonchev–Trinajstić information content (AvgIpc) is 3.05. The molecule has 0 bridgehead atoms. The van der Waals surface area contributed by atoms with Crippen molar-refractivity contribution in [1.29, 1.82) is 0 Å². The number of aryl methyl sites for hydroxylation is 1. The van der Waals surface area contributed by atoms with Crippen molar-refractivity contribution >= 4 is 28.5 Å². The lowest BCUT2D eigenvalue weighted by Gasteiger charge is -2.11. The number of benzene rings is 1. The predicted molar refractivity (Wildman–Crippen MR) is 112 cm³/mol. The zero-order valence-electron chi connectivity index (χ0n) is 16.9. The standard InChI is InChI=1S/C21H25N5O3/c1-4-5-8-23-21(28)16-11-15(24-18(27)13-29-3)12-17-19(16)26(2)20(25-17)14-6-9-22-10-7-14/h6-7,9-12H,4-5,8,13H2,1-3H3,(H,23,28)(H,24,27). The maximum Gasteiger partial charge on any atom is 0.253 e. The van der Waals surface area contributed by atoms with Crippen molar-refractivity contribution in [2.45, 2.75) is 19.8 Å². The van der Waals surface area contributed by atoms with Crippen LogP contribution in [-0.2, 0) is 16.6 Å². The minimum atomic E-state index is -0.297. The summed E-state index contributed by atoms with van der Waals surface area (Å²) in [4.78, 5) is 33.6. The molecule has 2 heterocycles. The number of aromatic nitrogens is 3. The van der Waals surface area contributed by atoms with Crippen molar-refractivity contribution in [3.63, 3.8) is 0 Å². The molecule has 0 unspecified atom stereocenters. The predicted octanol–water partition coefficient (Wildman–Crippen LogP) is 2.75. The fourth-order valence-electron chi connectivity index (χ4n) is 3.16. The molecule has 0 radical (unpaired) electrons. The summed E-state index contributed by atoms with van der Waals surface area (Å²) in [5.41, 5.74) is 3.17. The molecule has 0 saturated heterocycles. The zero-order valence-corrected chi connectivity index (χ0v) is 16.9. The van der Waals surface area contributed by atoms with E-state index < -0.39 is 0 Å². The summed E-state index contributed by atoms with van der Waals surface area (Å²) < 4.78 is 6.76. The van der Waals surface area contributed by atoms with E-state index in [1.54, 1.807) is 24.5 Å². The number of nitrogens with zero attached hydrogens (tertiary/aromatic N) is 3. The maximum atomic E-state index is 12.9. The smallest absolute Gasteiger partial charge is 0.253 e. The van der Waals surface area contributed by atoms with E-state index in [1.165, 1.54) is 7.11 Å². The minimum Gasteiger partial charge on any atom is -0.375 e. The monoisotopic (exact) mass is 395 g/mol. The van der Waals surface area contributed by atoms with Gasteiger partial charge < -0.3 is 19.9 Å². The van der Waals surface area contributed by atoms with Gasteiger partial charge in [0.1, 0.15) is 12.4 Å². The third kappa shape index (κ3) is 4.60. The third-order valence-electron chi connectivity index (χ3n) is 4.53. The van der Waals surface area contributed by atoms with Gasteiger partial charge in [0.15, 0.2) is 0 Å². The Balaban J connectivity index is 2.09. The van der Waals surface area contributed by atoms with Crippen LogP contribution in [0.3, 0.4) is 0 Å². The van der Waals surface area contributed by atoms with Crippen LogP contribution in [0.1, 0.15) is 30.1 Å². The molecule has 0 spiro atoms. The van der Waals surface area contributed by atoms with Crippen LogP contribution in [0.15, 0.2) is 36.7 Å². The molecule has 0 atom stereocenters. The molecule has 0 fully saturated rings. The lowest BCUT2D eigenvalue weighted by atomic mass is 10.1. The van der Waals surface area contributed by atoms with Gasteiger partial charge in [-0.25, -0.2) is 4.98 Å². The number of anilines is 1. The van der Waals surface area contributed by atoms with Gasteiger partial charge in [-0.1, -0.05) is 13.3 Å². The summed E-state index contributed by atoms with van der Waals surface area (Å²) in [7, 11) is 3.33. The summed E-state index contributed by atoms with van der Waals surface area (Å²) in [5, 5.41) is 5.71. The number of carbonyl (C=O) groups excluding carboxylic acids is 2. The normalized spacial score (nSPS) is 10.9. The van der Waals surface area contributed by atoms with Gasteiger partial charge in [0.05, 0.1) is 16.6 Å². The van der Waals surface area contributed by atoms with E-state index >= 15 is 0 Å². The molecule has 3 aromatic rings. The SMILES string of the molecule is CCCCNC(=O)c1cc(NC(=O)COC)cc2nc(-c3ccncc3)n(C)c12. The average molecular weight is 395 g/mol. The molecule has 2 aromatic heterocycles. The molecular weight excluding hydrogens is 370 g/mol. The van der Waals surface area contributed by atoms with Crippen molar-refractivity contribution in [1.82, 2.24) is 19.9 Å². The quantitative estimate of drug-likeness (QED) is 0.572. The Bertz CT molecular complexity index is 1010. The van der Waals surface area contributed by atoms with E-state index in [0.717, 1.165) is 18.4 Å². The first-order valence-electron chi connectivity index (χ1n) is 9.53. The first-order valence-corrected chi connectivity index (χ1v) is 9.53. The van der Waals surface area contributed by atoms with Gasteiger partial charge in [-0.3, -0.25) is 14.6 Å². The molecule has 0 aliphatic carbocycles. The maximum absolute atomic E-state index is 12.9. The Morgan fingerprint density at radius 1 is 1.21 bits per heavy atom. The highest BCUT2D eigenvalue weighted by Gasteiger charge is 2.19. The number of rotatable bonds is 8. The van der Waals surface area contributed by atoms with E-state index in [1.807, 2.05) is 23.7 Å². The Labute approximate surface area is 169 Å². The highest BCUT2D eigenvalue weighted by Crippen LogP contribution is 2.29. The van der Waals surface area contributed by atoms with Crippen LogP contribution in [0.25, 0.3) is 22.4 Å². The fraction of sp³-hybridized carbons (Fsp3) is 0.333. The third-order valence-corrected chi connectivity index (χ3v) is 4.53. The van der Waals surface area contributed by atoms with Crippen LogP contribution >= 0.6 is 0 Å². The Hall–Kier alpha value is -3.26. The van der Waals surface area contributed by atoms with E-state index in [0.29, 0.717) is 34.7 Å². The molecule has 0 aliphatic heterocycles. The van der Waals surface area contributed by atoms with E-state index in [-0.39, 0.29) is 18.4 Å². The van der Waals surface area contributed by atoms with Gasteiger partial charge >= 0.3 is 0 Å². The fourth-order valence-corrected chi connectivity index (χ4v) is 3.16. The van der Waals surface area contributed by atoms with Crippen LogP contribution in [0, 0.1) is 0 Å². The second kappa shape index (κ2) is 9.29. The molecule has 29 heavy (non-hydrogen) atoms. The number of methoxy groups -OCH3 is 1. The Kier molecular flexibility index (Phi) is 6.56. The molecule has 152 valence electrons. The van der Waals surface area contributed by atoms with Gasteiger partial charge in [-0.15, -0.1) is 0 Å². The molecule has 2 N–H and O–H groups in total. The van der Waals surface area contributed by atoms with E-state index in [2.05, 4.69) is 22.5 Å². The minimum absolute atomic E-state index is 0.0689. The molecular formula is C21H25N5O3. The highest BCUT2D eigenvalue weighted by atomic mass is 16.5. The number of amides is 2. The Morgan fingerprint density at radius 3 is 2.66 bits per heavy atom. The molecule has 2 amide bonds. The first-order chi connectivity index (χ1) is 14.0. The van der Waals surface area contributed by atoms with Crippen LogP contribution in [0.4, 0.5) is 5.69 Å². The number of hydrogen-bond acceptors (Lipinski definition) is 5. The number of carbonyl (C=O) groups is 2. The van der Waals surface area contributed by atoms with Gasteiger partial charge in [0, 0.05) is 44.3 Å². The lowest BCUT2D eigenvalue weighted by molar-refractivity contribution is -0.119. The van der Waals surface area contributed by atoms with Crippen LogP contribution in [0.5, 0.6) is 0 Å². The van der Waals surface area contributed by atoms with E-state index in [9.17, 15) is 9.59 Å². The Morgan fingerprint density at radius 2 is 1.97 bits per heavy atom. The number of fused-ring (bicyclic) bond motifs is 1. The molecule has 1 aromatic carbocycles. The highest BCUT2D eigenvalue weighted by molar-refractivity contribution is 6.08. The number of pyridine rings is 1. The lowest BCUT2D eigenvalue weighted by Crippen LogP contribution is -2.25. The topological polar surface area (TPSA) is 98.1 Å². The number of imidazole rings is 1. The first kappa shape index (κ1) is 20.5. The summed E-state index contributed by atoms with van der Waals surface area (Å²) >= 11 is 0. The van der Waals surface area contributed by atoms with Crippen molar-refractivity contribution in [3.05, 3.63) is 42.2 Å². The second-order valence-electron chi connectivity index (χ2n) is 6.71. The molecule has 0 aliphatic rings. The summed E-state index contributed by atoms with van der Waals surface area (Å²) in [5.74, 6) is 0.218. The van der Waals surface area contributed by atoms with Crippen LogP contribution in [-0.4, -0.2) is 46.6 Å². The van der Waals surface area contributed by atoms with Crippen LogP contribution < -0.4 is 10.6 Å². The van der Waals surface area contributed by atoms with Crippen molar-refractivity contribution in [3.8, 4) is 11.4 Å². The zero-order chi connectivity index (χ0) is 20.8. The largest absolute Gasteiger partial charge is 0.375 e. The summed E-state index contributed by atoms with van der Waals surface area (Å²) in [6, 6.07) is 7.17. The second-order valence-corrected chi connectivity index (χ2v) is 6.71. The molecule has 8 heteroatoms. The van der Waals surface area contributed by atoms with E-state index in [4.69, 9.17) is 9.72 Å². The van der Waals surface area contributed by atoms with Gasteiger partial charge in [-0.05, 0) is 30.7 Å². The van der Waals surface area contributed by atoms with Gasteiger partial charge in [0.2, 0.25) is 5.91 Å². The number of hydrogen-bond donors (Lipinski definition) is 2. The number of unbranched alkanes of at least 4 members (excludes halogenated alkanes) is 1. The molecule has 0 saturated carbocycles. The summed E-state index contributed by atoms with van der Waals surface area (Å²) in [6.07, 6.45) is 5.28. The van der Waals surface area contributed by atoms with Crippen molar-refractivity contribution in [2.24, 2.45) is 7.05 Å². The van der Waals surface area contributed by atoms with Gasteiger partial charge in [0.25, 0.3) is 5.91 Å².